The van der Waals surface area contributed by atoms with E-state index < -0.39 is 0 Å². The van der Waals surface area contributed by atoms with Gasteiger partial charge in [0, 0.05) is 16.6 Å². The van der Waals surface area contributed by atoms with Gasteiger partial charge in [-0.25, -0.2) is 4.98 Å². The number of carbonyl (C=O) groups is 2. The average Bonchev–Trinajstić information content (AvgIpc) is 3.38. The van der Waals surface area contributed by atoms with Crippen LogP contribution < -0.4 is 19.7 Å². The third-order valence-corrected chi connectivity index (χ3v) is 5.64. The van der Waals surface area contributed by atoms with Crippen molar-refractivity contribution in [2.24, 2.45) is 0 Å². The van der Waals surface area contributed by atoms with Gasteiger partial charge in [0.15, 0.2) is 6.61 Å². The Morgan fingerprint density at radius 3 is 2.61 bits per heavy atom. The molecule has 0 saturated carbocycles. The molecule has 8 heteroatoms. The van der Waals surface area contributed by atoms with E-state index in [0.29, 0.717) is 22.9 Å². The number of ether oxygens (including phenoxy) is 2. The number of rotatable bonds is 6. The van der Waals surface area contributed by atoms with Crippen molar-refractivity contribution in [1.82, 2.24) is 4.98 Å². The number of thiazole rings is 1. The van der Waals surface area contributed by atoms with E-state index in [4.69, 9.17) is 9.47 Å². The van der Waals surface area contributed by atoms with Crippen molar-refractivity contribution in [2.45, 2.75) is 0 Å². The van der Waals surface area contributed by atoms with Gasteiger partial charge in [0.1, 0.15) is 23.8 Å². The highest BCUT2D eigenvalue weighted by Gasteiger charge is 2.28. The molecule has 7 nitrogen and oxygen atoms in total. The summed E-state index contributed by atoms with van der Waals surface area (Å²) in [4.78, 5) is 31.0. The number of aromatic nitrogens is 1. The number of nitrogens with one attached hydrogen (secondary N) is 1. The Kier molecular flexibility index (Phi) is 5.73. The second-order valence-corrected chi connectivity index (χ2v) is 8.03. The minimum atomic E-state index is -0.313. The second kappa shape index (κ2) is 9.13. The Bertz CT molecular complexity index is 1280. The number of benzene rings is 3. The van der Waals surface area contributed by atoms with Crippen molar-refractivity contribution >= 4 is 34.5 Å². The van der Waals surface area contributed by atoms with Gasteiger partial charge in [-0.1, -0.05) is 18.2 Å². The van der Waals surface area contributed by atoms with Crippen molar-refractivity contribution in [1.29, 1.82) is 0 Å². The molecule has 1 aromatic heterocycles. The number of anilines is 2. The van der Waals surface area contributed by atoms with Crippen LogP contribution in [0.1, 0.15) is 0 Å². The molecule has 1 aliphatic heterocycles. The van der Waals surface area contributed by atoms with Gasteiger partial charge in [-0.15, -0.1) is 11.3 Å². The van der Waals surface area contributed by atoms with Crippen molar-refractivity contribution < 1.29 is 19.1 Å². The Hall–Kier alpha value is -4.17. The molecule has 3 aromatic carbocycles. The second-order valence-electron chi connectivity index (χ2n) is 7.31. The molecule has 0 fully saturated rings. The molecule has 0 aliphatic carbocycles. The van der Waals surface area contributed by atoms with Crippen LogP contribution >= 0.6 is 11.3 Å². The third kappa shape index (κ3) is 4.70. The lowest BCUT2D eigenvalue weighted by atomic mass is 10.1. The third-order valence-electron chi connectivity index (χ3n) is 5.05. The van der Waals surface area contributed by atoms with Crippen molar-refractivity contribution in [3.8, 4) is 28.5 Å². The summed E-state index contributed by atoms with van der Waals surface area (Å²) in [6.07, 6.45) is 0. The van der Waals surface area contributed by atoms with Crippen LogP contribution in [0, 0.1) is 0 Å². The fraction of sp³-hybridized carbons (Fsp3) is 0.0800. The number of carbonyl (C=O) groups excluding carboxylic acids is 2. The molecule has 2 amide bonds. The Balaban J connectivity index is 1.28. The van der Waals surface area contributed by atoms with Gasteiger partial charge in [0.05, 0.1) is 16.9 Å². The van der Waals surface area contributed by atoms with Crippen molar-refractivity contribution in [2.75, 3.05) is 23.4 Å². The molecule has 0 unspecified atom stereocenters. The predicted octanol–water partition coefficient (Wildman–Crippen LogP) is 4.97. The molecule has 1 aliphatic rings. The summed E-state index contributed by atoms with van der Waals surface area (Å²) in [7, 11) is 0. The van der Waals surface area contributed by atoms with Gasteiger partial charge in [-0.05, 0) is 54.6 Å². The van der Waals surface area contributed by atoms with Gasteiger partial charge < -0.3 is 14.8 Å². The molecule has 1 N–H and O–H groups in total. The van der Waals surface area contributed by atoms with E-state index in [0.717, 1.165) is 17.0 Å². The van der Waals surface area contributed by atoms with Gasteiger partial charge >= 0.3 is 0 Å². The van der Waals surface area contributed by atoms with Crippen LogP contribution in [-0.2, 0) is 9.59 Å². The molecule has 2 heterocycles. The Morgan fingerprint density at radius 2 is 1.85 bits per heavy atom. The topological polar surface area (TPSA) is 80.8 Å². The first-order chi connectivity index (χ1) is 16.2. The molecule has 0 bridgehead atoms. The molecular formula is C25H19N3O4S. The molecule has 4 aromatic rings. The van der Waals surface area contributed by atoms with Crippen LogP contribution in [0.5, 0.6) is 17.2 Å². The summed E-state index contributed by atoms with van der Waals surface area (Å²) in [6, 6.07) is 22.0. The number of fused-ring (bicyclic) bond motifs is 1. The average molecular weight is 458 g/mol. The molecule has 0 atom stereocenters. The van der Waals surface area contributed by atoms with Crippen LogP contribution in [0.3, 0.4) is 0 Å². The van der Waals surface area contributed by atoms with E-state index in [2.05, 4.69) is 10.3 Å². The van der Waals surface area contributed by atoms with Gasteiger partial charge in [0.2, 0.25) is 5.91 Å². The zero-order valence-corrected chi connectivity index (χ0v) is 18.2. The Morgan fingerprint density at radius 1 is 1.06 bits per heavy atom. The van der Waals surface area contributed by atoms with E-state index in [1.165, 1.54) is 16.2 Å². The van der Waals surface area contributed by atoms with Crippen molar-refractivity contribution in [3.05, 3.63) is 83.7 Å². The van der Waals surface area contributed by atoms with Gasteiger partial charge in [-0.3, -0.25) is 14.5 Å². The maximum Gasteiger partial charge on any atom is 0.265 e. The van der Waals surface area contributed by atoms with E-state index >= 15 is 0 Å². The highest BCUT2D eigenvalue weighted by Crippen LogP contribution is 2.36. The molecule has 0 radical (unpaired) electrons. The van der Waals surface area contributed by atoms with Crippen LogP contribution in [0.15, 0.2) is 83.7 Å². The normalized spacial score (nSPS) is 12.6. The lowest BCUT2D eigenvalue weighted by Gasteiger charge is -2.29. The predicted molar refractivity (Wildman–Crippen MR) is 127 cm³/mol. The molecule has 0 saturated heterocycles. The SMILES string of the molecule is O=C(CN1C(=O)COc2ccc(-c3cscn3)cc21)Nc1ccc(Oc2ccccc2)cc1. The minimum Gasteiger partial charge on any atom is -0.482 e. The number of para-hydroxylation sites is 1. The summed E-state index contributed by atoms with van der Waals surface area (Å²) in [5, 5.41) is 4.76. The fourth-order valence-electron chi connectivity index (χ4n) is 3.46. The molecule has 5 rings (SSSR count). The number of hydrogen-bond acceptors (Lipinski definition) is 6. The first kappa shape index (κ1) is 20.7. The summed E-state index contributed by atoms with van der Waals surface area (Å²) in [5.74, 6) is 1.36. The largest absolute Gasteiger partial charge is 0.482 e. The first-order valence-corrected chi connectivity index (χ1v) is 11.2. The summed E-state index contributed by atoms with van der Waals surface area (Å²) in [6.45, 7) is -0.236. The van der Waals surface area contributed by atoms with Crippen LogP contribution in [0.25, 0.3) is 11.3 Å². The lowest BCUT2D eigenvalue weighted by Crippen LogP contribution is -2.43. The van der Waals surface area contributed by atoms with E-state index in [1.807, 2.05) is 47.8 Å². The molecule has 0 spiro atoms. The van der Waals surface area contributed by atoms with Gasteiger partial charge in [-0.2, -0.15) is 0 Å². The summed E-state index contributed by atoms with van der Waals surface area (Å²) >= 11 is 1.49. The van der Waals surface area contributed by atoms with Crippen LogP contribution in [0.4, 0.5) is 11.4 Å². The van der Waals surface area contributed by atoms with E-state index in [9.17, 15) is 9.59 Å². The maximum absolute atomic E-state index is 12.7. The van der Waals surface area contributed by atoms with Gasteiger partial charge in [0.25, 0.3) is 5.91 Å². The summed E-state index contributed by atoms with van der Waals surface area (Å²) < 4.78 is 11.3. The molecule has 33 heavy (non-hydrogen) atoms. The van der Waals surface area contributed by atoms with Crippen molar-refractivity contribution in [3.63, 3.8) is 0 Å². The Labute approximate surface area is 194 Å². The van der Waals surface area contributed by atoms with E-state index in [-0.39, 0.29) is 25.0 Å². The lowest BCUT2D eigenvalue weighted by molar-refractivity contribution is -0.123. The minimum absolute atomic E-state index is 0.109. The highest BCUT2D eigenvalue weighted by molar-refractivity contribution is 7.07. The van der Waals surface area contributed by atoms with E-state index in [1.54, 1.807) is 35.8 Å². The smallest absolute Gasteiger partial charge is 0.265 e. The summed E-state index contributed by atoms with van der Waals surface area (Å²) in [5.41, 5.74) is 4.57. The quantitative estimate of drug-likeness (QED) is 0.442. The number of nitrogens with zero attached hydrogens (tertiary/aromatic N) is 2. The zero-order chi connectivity index (χ0) is 22.6. The number of amides is 2. The van der Waals surface area contributed by atoms with Crippen LogP contribution in [0.2, 0.25) is 0 Å². The van der Waals surface area contributed by atoms with Crippen LogP contribution in [-0.4, -0.2) is 29.9 Å². The monoisotopic (exact) mass is 457 g/mol. The standard InChI is InChI=1S/C25H19N3O4S/c29-24(27-18-7-9-20(10-8-18)32-19-4-2-1-3-5-19)13-28-22-12-17(21-15-33-16-26-21)6-11-23(22)31-14-25(28)30/h1-12,15-16H,13-14H2,(H,27,29). The number of hydrogen-bond donors (Lipinski definition) is 1. The maximum atomic E-state index is 12.7. The zero-order valence-electron chi connectivity index (χ0n) is 17.4. The first-order valence-electron chi connectivity index (χ1n) is 10.2. The molecule has 164 valence electrons. The highest BCUT2D eigenvalue weighted by atomic mass is 32.1. The molecular weight excluding hydrogens is 438 g/mol. The fourth-order valence-corrected chi connectivity index (χ4v) is 4.03.